The molecule has 2 aromatic heterocycles. The van der Waals surface area contributed by atoms with E-state index in [0.29, 0.717) is 15.8 Å². The van der Waals surface area contributed by atoms with Gasteiger partial charge in [-0.15, -0.1) is 0 Å². The third-order valence-corrected chi connectivity index (χ3v) is 5.69. The van der Waals surface area contributed by atoms with Gasteiger partial charge in [0.1, 0.15) is 11.0 Å². The minimum atomic E-state index is -0.122. The molecule has 0 bridgehead atoms. The van der Waals surface area contributed by atoms with Crippen LogP contribution in [0.1, 0.15) is 38.1 Å². The molecule has 3 rings (SSSR count). The van der Waals surface area contributed by atoms with Crippen molar-refractivity contribution in [3.05, 3.63) is 38.0 Å². The lowest BCUT2D eigenvalue weighted by atomic mass is 9.59. The van der Waals surface area contributed by atoms with Gasteiger partial charge in [-0.2, -0.15) is 5.10 Å². The molecule has 0 atom stereocenters. The first-order valence-corrected chi connectivity index (χ1v) is 8.53. The molecule has 4 nitrogen and oxygen atoms in total. The Morgan fingerprint density at radius 3 is 2.86 bits per heavy atom. The monoisotopic (exact) mass is 386 g/mol. The lowest BCUT2D eigenvalue weighted by Gasteiger charge is -2.46. The van der Waals surface area contributed by atoms with Crippen LogP contribution in [0, 0.1) is 10.7 Å². The fourth-order valence-corrected chi connectivity index (χ4v) is 4.05. The number of nitrogens with one attached hydrogen (secondary N) is 1. The first kappa shape index (κ1) is 15.2. The second kappa shape index (κ2) is 5.48. The number of halogens is 2. The summed E-state index contributed by atoms with van der Waals surface area (Å²) in [5, 5.41) is 7.93. The third-order valence-electron chi connectivity index (χ3n) is 4.25. The average Bonchev–Trinajstić information content (AvgIpc) is 2.79. The standard InChI is InChI=1S/C14H16BrClN4S/c1-3-20-12(18-19-13(20)21)14(5-8(2)6-14)9-4-10(15)11(16)17-7-9/h4,7-8H,3,5-6H2,1-2H3,(H,19,21). The molecule has 0 radical (unpaired) electrons. The van der Waals surface area contributed by atoms with Crippen LogP contribution >= 0.6 is 39.7 Å². The van der Waals surface area contributed by atoms with Crippen molar-refractivity contribution in [2.45, 2.75) is 38.6 Å². The number of H-pyrrole nitrogens is 1. The maximum absolute atomic E-state index is 6.03. The van der Waals surface area contributed by atoms with Gasteiger partial charge in [0, 0.05) is 12.7 Å². The quantitative estimate of drug-likeness (QED) is 0.623. The summed E-state index contributed by atoms with van der Waals surface area (Å²) in [6.07, 6.45) is 3.95. The van der Waals surface area contributed by atoms with Gasteiger partial charge >= 0.3 is 0 Å². The number of hydrogen-bond acceptors (Lipinski definition) is 3. The van der Waals surface area contributed by atoms with Crippen molar-refractivity contribution in [2.75, 3.05) is 0 Å². The minimum Gasteiger partial charge on any atom is -0.304 e. The van der Waals surface area contributed by atoms with Crippen LogP contribution in [0.3, 0.4) is 0 Å². The Balaban J connectivity index is 2.16. The van der Waals surface area contributed by atoms with Gasteiger partial charge in [-0.05, 0) is 65.5 Å². The van der Waals surface area contributed by atoms with E-state index in [0.717, 1.165) is 35.2 Å². The summed E-state index contributed by atoms with van der Waals surface area (Å²) < 4.78 is 3.56. The smallest absolute Gasteiger partial charge is 0.195 e. The van der Waals surface area contributed by atoms with E-state index in [2.05, 4.69) is 55.6 Å². The number of nitrogens with zero attached hydrogens (tertiary/aromatic N) is 3. The molecule has 0 amide bonds. The molecule has 0 aromatic carbocycles. The van der Waals surface area contributed by atoms with Crippen LogP contribution in [-0.4, -0.2) is 19.7 Å². The molecule has 1 aliphatic rings. The molecule has 0 spiro atoms. The van der Waals surface area contributed by atoms with Crippen molar-refractivity contribution < 1.29 is 0 Å². The van der Waals surface area contributed by atoms with Crippen LogP contribution in [0.15, 0.2) is 16.7 Å². The summed E-state index contributed by atoms with van der Waals surface area (Å²) >= 11 is 14.8. The van der Waals surface area contributed by atoms with Gasteiger partial charge in [0.15, 0.2) is 4.77 Å². The van der Waals surface area contributed by atoms with Gasteiger partial charge in [-0.3, -0.25) is 5.10 Å². The fourth-order valence-electron chi connectivity index (χ4n) is 3.34. The normalized spacial score (nSPS) is 24.9. The fraction of sp³-hybridized carbons (Fsp3) is 0.500. The zero-order valence-electron chi connectivity index (χ0n) is 11.9. The van der Waals surface area contributed by atoms with Crippen molar-refractivity contribution in [2.24, 2.45) is 5.92 Å². The minimum absolute atomic E-state index is 0.122. The highest BCUT2D eigenvalue weighted by Gasteiger charge is 2.48. The van der Waals surface area contributed by atoms with Crippen LogP contribution in [0.25, 0.3) is 0 Å². The molecule has 1 N–H and O–H groups in total. The maximum Gasteiger partial charge on any atom is 0.195 e. The second-order valence-corrected chi connectivity index (χ2v) is 7.29. The van der Waals surface area contributed by atoms with Crippen LogP contribution in [0.5, 0.6) is 0 Å². The van der Waals surface area contributed by atoms with Crippen LogP contribution in [-0.2, 0) is 12.0 Å². The molecule has 1 fully saturated rings. The van der Waals surface area contributed by atoms with Crippen molar-refractivity contribution in [3.8, 4) is 0 Å². The molecule has 1 aliphatic carbocycles. The molecule has 0 aliphatic heterocycles. The zero-order valence-corrected chi connectivity index (χ0v) is 15.0. The molecule has 2 heterocycles. The summed E-state index contributed by atoms with van der Waals surface area (Å²) in [4.78, 5) is 4.28. The van der Waals surface area contributed by atoms with Crippen LogP contribution < -0.4 is 0 Å². The van der Waals surface area contributed by atoms with Gasteiger partial charge in [0.05, 0.1) is 9.89 Å². The number of hydrogen-bond donors (Lipinski definition) is 1. The van der Waals surface area contributed by atoms with E-state index >= 15 is 0 Å². The summed E-state index contributed by atoms with van der Waals surface area (Å²) in [5.74, 6) is 1.67. The zero-order chi connectivity index (χ0) is 15.2. The predicted octanol–water partition coefficient (Wildman–Crippen LogP) is 4.49. The highest BCUT2D eigenvalue weighted by atomic mass is 79.9. The van der Waals surface area contributed by atoms with E-state index in [4.69, 9.17) is 23.8 Å². The Morgan fingerprint density at radius 2 is 2.29 bits per heavy atom. The first-order valence-electron chi connectivity index (χ1n) is 6.95. The van der Waals surface area contributed by atoms with E-state index in [-0.39, 0.29) is 5.41 Å². The Kier molecular flexibility index (Phi) is 3.96. The summed E-state index contributed by atoms with van der Waals surface area (Å²) in [5.41, 5.74) is 1.02. The largest absolute Gasteiger partial charge is 0.304 e. The first-order chi connectivity index (χ1) is 9.98. The number of pyridine rings is 1. The van der Waals surface area contributed by atoms with Gasteiger partial charge < -0.3 is 4.57 Å². The Bertz CT molecular complexity index is 733. The van der Waals surface area contributed by atoms with E-state index in [9.17, 15) is 0 Å². The molecule has 1 saturated carbocycles. The second-order valence-electron chi connectivity index (χ2n) is 5.69. The predicted molar refractivity (Wildman–Crippen MR) is 89.2 cm³/mol. The number of aromatic amines is 1. The Morgan fingerprint density at radius 1 is 1.57 bits per heavy atom. The van der Waals surface area contributed by atoms with Crippen molar-refractivity contribution >= 4 is 39.7 Å². The van der Waals surface area contributed by atoms with Crippen molar-refractivity contribution in [3.63, 3.8) is 0 Å². The summed E-state index contributed by atoms with van der Waals surface area (Å²) in [7, 11) is 0. The molecule has 7 heteroatoms. The third kappa shape index (κ3) is 2.37. The maximum atomic E-state index is 6.03. The number of aromatic nitrogens is 4. The SMILES string of the molecule is CCn1c(C2(c3cnc(Cl)c(Br)c3)CC(C)C2)n[nH]c1=S. The van der Waals surface area contributed by atoms with Crippen LogP contribution in [0.4, 0.5) is 0 Å². The van der Waals surface area contributed by atoms with Crippen LogP contribution in [0.2, 0.25) is 5.15 Å². The lowest BCUT2D eigenvalue weighted by molar-refractivity contribution is 0.183. The van der Waals surface area contributed by atoms with Crippen molar-refractivity contribution in [1.82, 2.24) is 19.7 Å². The molecule has 112 valence electrons. The summed E-state index contributed by atoms with van der Waals surface area (Å²) in [6, 6.07) is 2.05. The van der Waals surface area contributed by atoms with Gasteiger partial charge in [0.2, 0.25) is 0 Å². The lowest BCUT2D eigenvalue weighted by Crippen LogP contribution is -2.43. The molecule has 2 aromatic rings. The van der Waals surface area contributed by atoms with Crippen molar-refractivity contribution in [1.29, 1.82) is 0 Å². The van der Waals surface area contributed by atoms with E-state index in [1.807, 2.05) is 6.20 Å². The van der Waals surface area contributed by atoms with E-state index < -0.39 is 0 Å². The van der Waals surface area contributed by atoms with E-state index in [1.54, 1.807) is 0 Å². The van der Waals surface area contributed by atoms with Gasteiger partial charge in [-0.1, -0.05) is 18.5 Å². The molecule has 0 unspecified atom stereocenters. The molecule has 0 saturated heterocycles. The van der Waals surface area contributed by atoms with E-state index in [1.165, 1.54) is 0 Å². The Labute approximate surface area is 142 Å². The van der Waals surface area contributed by atoms with Gasteiger partial charge in [-0.25, -0.2) is 4.98 Å². The highest BCUT2D eigenvalue weighted by molar-refractivity contribution is 9.10. The average molecular weight is 388 g/mol. The number of rotatable bonds is 3. The molecule has 21 heavy (non-hydrogen) atoms. The Hall–Kier alpha value is -0.720. The molecular formula is C14H16BrClN4S. The highest BCUT2D eigenvalue weighted by Crippen LogP contribution is 2.52. The summed E-state index contributed by atoms with van der Waals surface area (Å²) in [6.45, 7) is 5.15. The topological polar surface area (TPSA) is 46.5 Å². The molecular weight excluding hydrogens is 372 g/mol. The van der Waals surface area contributed by atoms with Gasteiger partial charge in [0.25, 0.3) is 0 Å².